The summed E-state index contributed by atoms with van der Waals surface area (Å²) in [6, 6.07) is 7.42. The Hall–Kier alpha value is -2.29. The van der Waals surface area contributed by atoms with Crippen LogP contribution in [0.4, 0.5) is 10.5 Å². The van der Waals surface area contributed by atoms with E-state index in [2.05, 4.69) is 0 Å². The van der Waals surface area contributed by atoms with Gasteiger partial charge in [-0.1, -0.05) is 42.5 Å². The van der Waals surface area contributed by atoms with Crippen molar-refractivity contribution in [2.45, 2.75) is 19.8 Å². The first-order valence-corrected chi connectivity index (χ1v) is 6.39. The van der Waals surface area contributed by atoms with Crippen LogP contribution in [0.15, 0.2) is 60.3 Å². The third-order valence-corrected chi connectivity index (χ3v) is 3.08. The van der Waals surface area contributed by atoms with Crippen LogP contribution in [0.2, 0.25) is 0 Å². The van der Waals surface area contributed by atoms with Gasteiger partial charge in [0, 0.05) is 6.20 Å². The summed E-state index contributed by atoms with van der Waals surface area (Å²) in [6.45, 7) is 1.97. The van der Waals surface area contributed by atoms with Crippen molar-refractivity contribution in [2.75, 3.05) is 4.90 Å². The summed E-state index contributed by atoms with van der Waals surface area (Å²) in [7, 11) is 0. The van der Waals surface area contributed by atoms with Gasteiger partial charge in [-0.3, -0.25) is 4.90 Å². The van der Waals surface area contributed by atoms with Gasteiger partial charge < -0.3 is 5.73 Å². The van der Waals surface area contributed by atoms with E-state index in [0.717, 1.165) is 29.7 Å². The Bertz CT molecular complexity index is 556. The molecule has 3 heteroatoms. The van der Waals surface area contributed by atoms with Gasteiger partial charge in [-0.2, -0.15) is 0 Å². The number of rotatable bonds is 2. The quantitative estimate of drug-likeness (QED) is 0.806. The monoisotopic (exact) mass is 254 g/mol. The molecule has 0 spiro atoms. The van der Waals surface area contributed by atoms with E-state index >= 15 is 0 Å². The van der Waals surface area contributed by atoms with E-state index in [9.17, 15) is 4.79 Å². The molecule has 98 valence electrons. The number of hydrogen-bond acceptors (Lipinski definition) is 1. The maximum atomic E-state index is 11.6. The molecule has 0 bridgehead atoms. The highest BCUT2D eigenvalue weighted by atomic mass is 16.2. The van der Waals surface area contributed by atoms with Crippen LogP contribution in [0.25, 0.3) is 0 Å². The minimum atomic E-state index is -0.453. The molecule has 0 aromatic heterocycles. The summed E-state index contributed by atoms with van der Waals surface area (Å²) >= 11 is 0. The van der Waals surface area contributed by atoms with Gasteiger partial charge in [0.1, 0.15) is 0 Å². The number of fused-ring (bicyclic) bond motifs is 1. The SMILES string of the molecule is C/C=C\C=C/C1=CN(C(N)=O)c2ccccc2CC1. The van der Waals surface area contributed by atoms with Gasteiger partial charge in [-0.15, -0.1) is 0 Å². The van der Waals surface area contributed by atoms with Crippen molar-refractivity contribution in [3.05, 3.63) is 65.9 Å². The highest BCUT2D eigenvalue weighted by molar-refractivity contribution is 5.93. The molecular formula is C16H18N2O. The van der Waals surface area contributed by atoms with E-state index in [4.69, 9.17) is 5.73 Å². The zero-order chi connectivity index (χ0) is 13.7. The molecule has 0 saturated carbocycles. The minimum absolute atomic E-state index is 0.453. The molecule has 3 nitrogen and oxygen atoms in total. The molecule has 0 saturated heterocycles. The lowest BCUT2D eigenvalue weighted by Crippen LogP contribution is -2.31. The Labute approximate surface area is 113 Å². The molecule has 2 rings (SSSR count). The summed E-state index contributed by atoms with van der Waals surface area (Å²) in [6.07, 6.45) is 11.6. The molecule has 1 heterocycles. The van der Waals surface area contributed by atoms with Crippen LogP contribution in [-0.2, 0) is 6.42 Å². The smallest absolute Gasteiger partial charge is 0.323 e. The summed E-state index contributed by atoms with van der Waals surface area (Å²) in [4.78, 5) is 13.1. The van der Waals surface area contributed by atoms with Crippen molar-refractivity contribution in [1.29, 1.82) is 0 Å². The number of carbonyl (C=O) groups is 1. The van der Waals surface area contributed by atoms with Crippen LogP contribution >= 0.6 is 0 Å². The van der Waals surface area contributed by atoms with Crippen LogP contribution in [0.5, 0.6) is 0 Å². The minimum Gasteiger partial charge on any atom is -0.351 e. The molecule has 0 unspecified atom stereocenters. The van der Waals surface area contributed by atoms with Crippen LogP contribution in [0.3, 0.4) is 0 Å². The van der Waals surface area contributed by atoms with Crippen molar-refractivity contribution >= 4 is 11.7 Å². The molecule has 1 aliphatic heterocycles. The number of primary amides is 1. The molecule has 1 aromatic rings. The van der Waals surface area contributed by atoms with Gasteiger partial charge in [0.15, 0.2) is 0 Å². The Balaban J connectivity index is 2.36. The van der Waals surface area contributed by atoms with Gasteiger partial charge in [-0.25, -0.2) is 4.79 Å². The largest absolute Gasteiger partial charge is 0.351 e. The number of allylic oxidation sites excluding steroid dienone is 5. The normalized spacial score (nSPS) is 15.4. The van der Waals surface area contributed by atoms with E-state index in [1.807, 2.05) is 61.7 Å². The second kappa shape index (κ2) is 6.05. The van der Waals surface area contributed by atoms with Gasteiger partial charge in [0.05, 0.1) is 5.69 Å². The topological polar surface area (TPSA) is 46.3 Å². The summed E-state index contributed by atoms with van der Waals surface area (Å²) < 4.78 is 0. The lowest BCUT2D eigenvalue weighted by Gasteiger charge is -2.17. The average molecular weight is 254 g/mol. The van der Waals surface area contributed by atoms with Crippen LogP contribution < -0.4 is 10.6 Å². The number of urea groups is 1. The molecule has 0 atom stereocenters. The fraction of sp³-hybridized carbons (Fsp3) is 0.188. The van der Waals surface area contributed by atoms with E-state index < -0.39 is 6.03 Å². The third-order valence-electron chi connectivity index (χ3n) is 3.08. The number of nitrogens with zero attached hydrogens (tertiary/aromatic N) is 1. The number of para-hydroxylation sites is 1. The molecule has 19 heavy (non-hydrogen) atoms. The summed E-state index contributed by atoms with van der Waals surface area (Å²) in [5.41, 5.74) is 8.59. The Kier molecular flexibility index (Phi) is 4.18. The summed E-state index contributed by atoms with van der Waals surface area (Å²) in [5.74, 6) is 0. The fourth-order valence-corrected chi connectivity index (χ4v) is 2.14. The number of hydrogen-bond donors (Lipinski definition) is 1. The van der Waals surface area contributed by atoms with E-state index in [1.165, 1.54) is 4.90 Å². The van der Waals surface area contributed by atoms with Gasteiger partial charge in [-0.05, 0) is 37.0 Å². The third kappa shape index (κ3) is 3.13. The maximum Gasteiger partial charge on any atom is 0.323 e. The van der Waals surface area contributed by atoms with E-state index in [1.54, 1.807) is 0 Å². The number of benzene rings is 1. The predicted molar refractivity (Wildman–Crippen MR) is 78.9 cm³/mol. The van der Waals surface area contributed by atoms with Crippen molar-refractivity contribution in [3.8, 4) is 0 Å². The van der Waals surface area contributed by atoms with Gasteiger partial charge in [0.2, 0.25) is 0 Å². The second-order valence-electron chi connectivity index (χ2n) is 4.43. The number of aryl methyl sites for hydroxylation is 1. The Morgan fingerprint density at radius 2 is 2.05 bits per heavy atom. The second-order valence-corrected chi connectivity index (χ2v) is 4.43. The van der Waals surface area contributed by atoms with E-state index in [0.29, 0.717) is 0 Å². The first-order chi connectivity index (χ1) is 9.22. The lowest BCUT2D eigenvalue weighted by molar-refractivity contribution is 0.256. The lowest BCUT2D eigenvalue weighted by atomic mass is 10.1. The van der Waals surface area contributed by atoms with Crippen molar-refractivity contribution in [3.63, 3.8) is 0 Å². The summed E-state index contributed by atoms with van der Waals surface area (Å²) in [5, 5.41) is 0. The average Bonchev–Trinajstić information content (AvgIpc) is 2.59. The molecule has 2 N–H and O–H groups in total. The Morgan fingerprint density at radius 3 is 2.79 bits per heavy atom. The highest BCUT2D eigenvalue weighted by Crippen LogP contribution is 2.27. The van der Waals surface area contributed by atoms with Crippen molar-refractivity contribution < 1.29 is 4.79 Å². The van der Waals surface area contributed by atoms with Crippen LogP contribution in [0, 0.1) is 0 Å². The number of anilines is 1. The maximum absolute atomic E-state index is 11.6. The number of amides is 2. The molecule has 1 aromatic carbocycles. The van der Waals surface area contributed by atoms with Crippen LogP contribution in [0.1, 0.15) is 18.9 Å². The molecule has 0 fully saturated rings. The van der Waals surface area contributed by atoms with Gasteiger partial charge in [0.25, 0.3) is 0 Å². The van der Waals surface area contributed by atoms with E-state index in [-0.39, 0.29) is 0 Å². The molecule has 0 radical (unpaired) electrons. The number of carbonyl (C=O) groups excluding carboxylic acids is 1. The molecule has 0 aliphatic carbocycles. The zero-order valence-corrected chi connectivity index (χ0v) is 11.0. The predicted octanol–water partition coefficient (Wildman–Crippen LogP) is 3.53. The molecule has 1 aliphatic rings. The standard InChI is InChI=1S/C16H18N2O/c1-2-3-4-7-13-10-11-14-8-5-6-9-15(14)18(12-13)16(17)19/h2-9,12H,10-11H2,1H3,(H2,17,19)/b3-2-,7-4-. The van der Waals surface area contributed by atoms with Crippen molar-refractivity contribution in [2.24, 2.45) is 5.73 Å². The first kappa shape index (κ1) is 13.1. The molecular weight excluding hydrogens is 236 g/mol. The van der Waals surface area contributed by atoms with Gasteiger partial charge >= 0.3 is 6.03 Å². The zero-order valence-electron chi connectivity index (χ0n) is 11.0. The van der Waals surface area contributed by atoms with Crippen molar-refractivity contribution in [1.82, 2.24) is 0 Å². The fourth-order valence-electron chi connectivity index (χ4n) is 2.14. The first-order valence-electron chi connectivity index (χ1n) is 6.39. The highest BCUT2D eigenvalue weighted by Gasteiger charge is 2.17. The number of nitrogens with two attached hydrogens (primary N) is 1. The Morgan fingerprint density at radius 1 is 1.26 bits per heavy atom. The molecule has 2 amide bonds. The van der Waals surface area contributed by atoms with Crippen LogP contribution in [-0.4, -0.2) is 6.03 Å².